The Kier molecular flexibility index (Phi) is 3.48. The summed E-state index contributed by atoms with van der Waals surface area (Å²) in [4.78, 5) is 0. The van der Waals surface area contributed by atoms with Crippen molar-refractivity contribution in [2.45, 2.75) is 6.92 Å². The van der Waals surface area contributed by atoms with Gasteiger partial charge >= 0.3 is 0 Å². The van der Waals surface area contributed by atoms with Gasteiger partial charge in [-0.1, -0.05) is 5.92 Å². The fraction of sp³-hybridized carbons (Fsp3) is 0.200. The van der Waals surface area contributed by atoms with Crippen LogP contribution < -0.4 is 0 Å². The quantitative estimate of drug-likeness (QED) is 0.342. The number of hydrogen-bond acceptors (Lipinski definition) is 1. The first-order valence-electron chi connectivity index (χ1n) is 1.63. The molecule has 0 aromatic rings. The van der Waals surface area contributed by atoms with Crippen molar-refractivity contribution in [3.8, 4) is 11.8 Å². The van der Waals surface area contributed by atoms with Crippen molar-refractivity contribution in [1.82, 2.24) is 0 Å². The van der Waals surface area contributed by atoms with Crippen molar-refractivity contribution in [3.05, 3.63) is 12.3 Å². The molecule has 0 rings (SSSR count). The van der Waals surface area contributed by atoms with Gasteiger partial charge < -0.3 is 5.11 Å². The maximum absolute atomic E-state index is 7.91. The van der Waals surface area contributed by atoms with Crippen LogP contribution in [-0.2, 0) is 0 Å². The molecule has 0 aliphatic rings. The summed E-state index contributed by atoms with van der Waals surface area (Å²) < 4.78 is 0. The molecule has 0 saturated heterocycles. The average Bonchev–Trinajstić information content (AvgIpc) is 1.61. The summed E-state index contributed by atoms with van der Waals surface area (Å²) in [5.74, 6) is 5.09. The zero-order valence-electron chi connectivity index (χ0n) is 3.60. The Balaban J connectivity index is 3.24. The average molecular weight is 82.1 g/mol. The minimum Gasteiger partial charge on any atom is -0.515 e. The summed E-state index contributed by atoms with van der Waals surface area (Å²) in [6.45, 7) is 1.71. The van der Waals surface area contributed by atoms with Gasteiger partial charge in [-0.3, -0.25) is 0 Å². The second-order valence-electron chi connectivity index (χ2n) is 0.710. The van der Waals surface area contributed by atoms with Crippen LogP contribution in [0.4, 0.5) is 0 Å². The topological polar surface area (TPSA) is 20.2 Å². The summed E-state index contributed by atoms with van der Waals surface area (Å²) in [5, 5.41) is 7.91. The molecule has 0 atom stereocenters. The zero-order chi connectivity index (χ0) is 4.83. The minimum atomic E-state index is 0.913. The van der Waals surface area contributed by atoms with E-state index in [9.17, 15) is 0 Å². The van der Waals surface area contributed by atoms with Crippen molar-refractivity contribution in [2.24, 2.45) is 0 Å². The van der Waals surface area contributed by atoms with Gasteiger partial charge in [0.05, 0.1) is 6.26 Å². The van der Waals surface area contributed by atoms with Gasteiger partial charge in [0.15, 0.2) is 0 Å². The first-order valence-corrected chi connectivity index (χ1v) is 1.63. The highest BCUT2D eigenvalue weighted by Crippen LogP contribution is 1.57. The molecule has 0 radical (unpaired) electrons. The summed E-state index contributed by atoms with van der Waals surface area (Å²) in [5.41, 5.74) is 0. The van der Waals surface area contributed by atoms with Gasteiger partial charge in [0.2, 0.25) is 0 Å². The molecule has 0 spiro atoms. The molecule has 1 heteroatoms. The molecule has 0 heterocycles. The number of hydrogen-bond donors (Lipinski definition) is 1. The lowest BCUT2D eigenvalue weighted by Gasteiger charge is -1.57. The van der Waals surface area contributed by atoms with Crippen LogP contribution >= 0.6 is 0 Å². The SMILES string of the molecule is CC#C/C=C\O. The maximum atomic E-state index is 7.91. The van der Waals surface area contributed by atoms with Gasteiger partial charge in [0.1, 0.15) is 0 Å². The summed E-state index contributed by atoms with van der Waals surface area (Å²) in [6.07, 6.45) is 2.29. The highest BCUT2D eigenvalue weighted by Gasteiger charge is 1.46. The molecule has 1 nitrogen and oxygen atoms in total. The van der Waals surface area contributed by atoms with Gasteiger partial charge in [0, 0.05) is 6.08 Å². The monoisotopic (exact) mass is 82.0 g/mol. The molecular formula is C5H6O. The molecule has 32 valence electrons. The number of aliphatic hydroxyl groups excluding tert-OH is 1. The van der Waals surface area contributed by atoms with E-state index in [1.165, 1.54) is 6.08 Å². The largest absolute Gasteiger partial charge is 0.515 e. The van der Waals surface area contributed by atoms with Crippen molar-refractivity contribution in [3.63, 3.8) is 0 Å². The highest BCUT2D eigenvalue weighted by atomic mass is 16.2. The van der Waals surface area contributed by atoms with Crippen LogP contribution in [0.2, 0.25) is 0 Å². The lowest BCUT2D eigenvalue weighted by atomic mass is 10.6. The number of allylic oxidation sites excluding steroid dienone is 1. The summed E-state index contributed by atoms with van der Waals surface area (Å²) in [6, 6.07) is 0. The zero-order valence-corrected chi connectivity index (χ0v) is 3.60. The number of rotatable bonds is 0. The highest BCUT2D eigenvalue weighted by molar-refractivity contribution is 5.11. The van der Waals surface area contributed by atoms with Crippen LogP contribution in [0, 0.1) is 11.8 Å². The van der Waals surface area contributed by atoms with Crippen LogP contribution in [0.1, 0.15) is 6.92 Å². The first kappa shape index (κ1) is 5.10. The van der Waals surface area contributed by atoms with Crippen molar-refractivity contribution < 1.29 is 5.11 Å². The fourth-order valence-corrected chi connectivity index (χ4v) is 0.121. The lowest BCUT2D eigenvalue weighted by Crippen LogP contribution is -1.45. The van der Waals surface area contributed by atoms with Crippen molar-refractivity contribution in [1.29, 1.82) is 0 Å². The molecule has 0 aromatic carbocycles. The molecule has 0 aliphatic heterocycles. The third kappa shape index (κ3) is 3.10. The fourth-order valence-electron chi connectivity index (χ4n) is 0.121. The predicted octanol–water partition coefficient (Wildman–Crippen LogP) is 1.08. The Labute approximate surface area is 37.3 Å². The molecule has 6 heavy (non-hydrogen) atoms. The van der Waals surface area contributed by atoms with Gasteiger partial charge in [-0.15, -0.1) is 5.92 Å². The van der Waals surface area contributed by atoms with Gasteiger partial charge in [-0.2, -0.15) is 0 Å². The molecule has 0 bridgehead atoms. The van der Waals surface area contributed by atoms with Crippen LogP contribution in [0.25, 0.3) is 0 Å². The predicted molar refractivity (Wildman–Crippen MR) is 25.2 cm³/mol. The first-order chi connectivity index (χ1) is 2.91. The van der Waals surface area contributed by atoms with Gasteiger partial charge in [0.25, 0.3) is 0 Å². The van der Waals surface area contributed by atoms with Gasteiger partial charge in [-0.05, 0) is 6.92 Å². The van der Waals surface area contributed by atoms with E-state index >= 15 is 0 Å². The minimum absolute atomic E-state index is 0.913. The Morgan fingerprint density at radius 3 is 2.50 bits per heavy atom. The van der Waals surface area contributed by atoms with E-state index in [4.69, 9.17) is 5.11 Å². The molecule has 0 saturated carbocycles. The smallest absolute Gasteiger partial charge is 0.0875 e. The third-order valence-electron chi connectivity index (χ3n) is 0.302. The second kappa shape index (κ2) is 4.10. The van der Waals surface area contributed by atoms with Crippen LogP contribution in [-0.4, -0.2) is 5.11 Å². The van der Waals surface area contributed by atoms with Crippen molar-refractivity contribution >= 4 is 0 Å². The van der Waals surface area contributed by atoms with Crippen LogP contribution in [0.5, 0.6) is 0 Å². The lowest BCUT2D eigenvalue weighted by molar-refractivity contribution is 0.474. The Hall–Kier alpha value is -0.900. The van der Waals surface area contributed by atoms with E-state index in [2.05, 4.69) is 11.8 Å². The standard InChI is InChI=1S/C5H6O/c1-2-3-4-5-6/h4-6H,1H3/b5-4-. The summed E-state index contributed by atoms with van der Waals surface area (Å²) in [7, 11) is 0. The van der Waals surface area contributed by atoms with E-state index in [1.54, 1.807) is 6.92 Å². The van der Waals surface area contributed by atoms with Crippen LogP contribution in [0.3, 0.4) is 0 Å². The van der Waals surface area contributed by atoms with Crippen molar-refractivity contribution in [2.75, 3.05) is 0 Å². The Bertz CT molecular complexity index is 92.2. The van der Waals surface area contributed by atoms with Gasteiger partial charge in [-0.25, -0.2) is 0 Å². The van der Waals surface area contributed by atoms with E-state index < -0.39 is 0 Å². The normalized spacial score (nSPS) is 7.50. The third-order valence-corrected chi connectivity index (χ3v) is 0.302. The Morgan fingerprint density at radius 1 is 1.67 bits per heavy atom. The second-order valence-corrected chi connectivity index (χ2v) is 0.710. The maximum Gasteiger partial charge on any atom is 0.0875 e. The molecule has 0 unspecified atom stereocenters. The molecule has 0 fully saturated rings. The molecule has 0 aliphatic carbocycles. The van der Waals surface area contributed by atoms with Crippen LogP contribution in [0.15, 0.2) is 12.3 Å². The summed E-state index contributed by atoms with van der Waals surface area (Å²) >= 11 is 0. The molecular weight excluding hydrogens is 76.1 g/mol. The number of aliphatic hydroxyl groups is 1. The van der Waals surface area contributed by atoms with E-state index in [-0.39, 0.29) is 0 Å². The molecule has 1 N–H and O–H groups in total. The molecule has 0 amide bonds. The van der Waals surface area contributed by atoms with E-state index in [1.807, 2.05) is 0 Å². The van der Waals surface area contributed by atoms with E-state index in [0.29, 0.717) is 0 Å². The Morgan fingerprint density at radius 2 is 2.33 bits per heavy atom. The van der Waals surface area contributed by atoms with E-state index in [0.717, 1.165) is 6.26 Å². The molecule has 0 aromatic heterocycles.